The van der Waals surface area contributed by atoms with Crippen molar-refractivity contribution in [1.82, 2.24) is 9.62 Å². The van der Waals surface area contributed by atoms with Gasteiger partial charge in [0.25, 0.3) is 15.9 Å². The Morgan fingerprint density at radius 3 is 2.64 bits per heavy atom. The van der Waals surface area contributed by atoms with Crippen molar-refractivity contribution < 1.29 is 22.4 Å². The molecule has 1 aromatic heterocycles. The molecule has 1 saturated heterocycles. The molecule has 1 aliphatic heterocycles. The van der Waals surface area contributed by atoms with E-state index in [1.165, 1.54) is 16.4 Å². The van der Waals surface area contributed by atoms with Crippen molar-refractivity contribution in [3.8, 4) is 5.75 Å². The van der Waals surface area contributed by atoms with Crippen LogP contribution >= 0.6 is 0 Å². The Hall–Kier alpha value is -2.32. The molecule has 0 radical (unpaired) electrons. The molecule has 3 rings (SSSR count). The Balaban J connectivity index is 1.61. The number of methoxy groups -OCH3 is 1. The Morgan fingerprint density at radius 1 is 1.18 bits per heavy atom. The van der Waals surface area contributed by atoms with Crippen LogP contribution in [0.5, 0.6) is 5.75 Å². The molecule has 0 unspecified atom stereocenters. The lowest BCUT2D eigenvalue weighted by molar-refractivity contribution is 0.0920. The van der Waals surface area contributed by atoms with Gasteiger partial charge < -0.3 is 14.5 Å². The number of nitrogens with zero attached hydrogens (tertiary/aromatic N) is 1. The molecule has 0 spiro atoms. The van der Waals surface area contributed by atoms with Gasteiger partial charge in [0.05, 0.1) is 7.11 Å². The van der Waals surface area contributed by atoms with Gasteiger partial charge >= 0.3 is 0 Å². The zero-order chi connectivity index (χ0) is 20.1. The van der Waals surface area contributed by atoms with E-state index >= 15 is 0 Å². The molecule has 1 N–H and O–H groups in total. The number of rotatable bonds is 7. The number of sulfonamides is 1. The predicted molar refractivity (Wildman–Crippen MR) is 105 cm³/mol. The van der Waals surface area contributed by atoms with E-state index in [4.69, 9.17) is 9.15 Å². The molecule has 1 fully saturated rings. The first-order chi connectivity index (χ1) is 13.4. The Morgan fingerprint density at radius 2 is 1.93 bits per heavy atom. The molecule has 152 valence electrons. The van der Waals surface area contributed by atoms with Crippen LogP contribution in [0, 0.1) is 6.92 Å². The third-order valence-electron chi connectivity index (χ3n) is 4.83. The lowest BCUT2D eigenvalue weighted by Crippen LogP contribution is -2.35. The number of amides is 1. The first-order valence-electron chi connectivity index (χ1n) is 9.43. The third kappa shape index (κ3) is 4.56. The van der Waals surface area contributed by atoms with Crippen molar-refractivity contribution in [2.45, 2.75) is 37.7 Å². The summed E-state index contributed by atoms with van der Waals surface area (Å²) in [4.78, 5) is 12.3. The van der Waals surface area contributed by atoms with E-state index in [2.05, 4.69) is 5.32 Å². The fourth-order valence-corrected chi connectivity index (χ4v) is 4.74. The zero-order valence-electron chi connectivity index (χ0n) is 16.2. The molecule has 0 saturated carbocycles. The molecule has 2 aromatic rings. The maximum atomic E-state index is 12.6. The minimum atomic E-state index is -3.68. The van der Waals surface area contributed by atoms with Crippen molar-refractivity contribution in [3.63, 3.8) is 0 Å². The first kappa shape index (κ1) is 20.4. The summed E-state index contributed by atoms with van der Waals surface area (Å²) in [6.45, 7) is 3.36. The molecule has 8 heteroatoms. The van der Waals surface area contributed by atoms with Gasteiger partial charge in [-0.25, -0.2) is 8.42 Å². The third-order valence-corrected chi connectivity index (χ3v) is 6.60. The minimum absolute atomic E-state index is 0.00760. The number of benzene rings is 1. The van der Waals surface area contributed by atoms with Gasteiger partial charge in [-0.3, -0.25) is 4.79 Å². The van der Waals surface area contributed by atoms with E-state index < -0.39 is 15.9 Å². The Labute approximate surface area is 165 Å². The second-order valence-electron chi connectivity index (χ2n) is 6.90. The summed E-state index contributed by atoms with van der Waals surface area (Å²) in [5.41, 5.74) is 2.11. The van der Waals surface area contributed by atoms with Crippen LogP contribution in [0.3, 0.4) is 0 Å². The largest absolute Gasteiger partial charge is 0.496 e. The lowest BCUT2D eigenvalue weighted by atomic mass is 10.1. The average Bonchev–Trinajstić information content (AvgIpc) is 3.20. The van der Waals surface area contributed by atoms with E-state index in [9.17, 15) is 13.2 Å². The number of carbonyl (C=O) groups is 1. The number of hydrogen-bond donors (Lipinski definition) is 1. The maximum absolute atomic E-state index is 12.6. The average molecular weight is 407 g/mol. The van der Waals surface area contributed by atoms with Gasteiger partial charge in [0.2, 0.25) is 5.09 Å². The van der Waals surface area contributed by atoms with Gasteiger partial charge in [-0.1, -0.05) is 24.1 Å². The van der Waals surface area contributed by atoms with Crippen LogP contribution in [0.25, 0.3) is 0 Å². The van der Waals surface area contributed by atoms with Gasteiger partial charge in [0.15, 0.2) is 5.76 Å². The van der Waals surface area contributed by atoms with E-state index in [1.54, 1.807) is 7.11 Å². The summed E-state index contributed by atoms with van der Waals surface area (Å²) in [5, 5.41) is 2.59. The van der Waals surface area contributed by atoms with Crippen LogP contribution in [0.2, 0.25) is 0 Å². The van der Waals surface area contributed by atoms with Gasteiger partial charge in [0.1, 0.15) is 5.75 Å². The molecule has 7 nitrogen and oxygen atoms in total. The van der Waals surface area contributed by atoms with E-state index in [1.807, 2.05) is 25.1 Å². The predicted octanol–water partition coefficient (Wildman–Crippen LogP) is 2.74. The summed E-state index contributed by atoms with van der Waals surface area (Å²) in [5.74, 6) is 0.325. The fourth-order valence-electron chi connectivity index (χ4n) is 3.31. The summed E-state index contributed by atoms with van der Waals surface area (Å²) < 4.78 is 37.3. The molecule has 0 bridgehead atoms. The Bertz CT molecular complexity index is 930. The molecule has 1 aromatic carbocycles. The number of hydrogen-bond acceptors (Lipinski definition) is 5. The number of piperidine rings is 1. The highest BCUT2D eigenvalue weighted by Gasteiger charge is 2.29. The highest BCUT2D eigenvalue weighted by atomic mass is 32.2. The molecule has 0 aliphatic carbocycles. The quantitative estimate of drug-likeness (QED) is 0.764. The van der Waals surface area contributed by atoms with Crippen LogP contribution in [0.1, 0.15) is 40.9 Å². The summed E-state index contributed by atoms with van der Waals surface area (Å²) >= 11 is 0. The van der Waals surface area contributed by atoms with Crippen LogP contribution in [0.15, 0.2) is 39.8 Å². The standard InChI is InChI=1S/C20H26N2O5S/c1-15-6-7-17(26-2)16(14-15)10-11-21-20(23)18-8-9-19(27-18)28(24,25)22-12-4-3-5-13-22/h6-9,14H,3-5,10-13H2,1-2H3,(H,21,23). The Kier molecular flexibility index (Phi) is 6.41. The van der Waals surface area contributed by atoms with Gasteiger partial charge in [-0.05, 0) is 49.9 Å². The molecule has 1 aliphatic rings. The minimum Gasteiger partial charge on any atom is -0.496 e. The molecular formula is C20H26N2O5S. The van der Waals surface area contributed by atoms with Gasteiger partial charge in [0, 0.05) is 19.6 Å². The van der Waals surface area contributed by atoms with Crippen LogP contribution in [0.4, 0.5) is 0 Å². The van der Waals surface area contributed by atoms with Crippen LogP contribution in [-0.2, 0) is 16.4 Å². The van der Waals surface area contributed by atoms with Crippen molar-refractivity contribution in [3.05, 3.63) is 47.2 Å². The maximum Gasteiger partial charge on any atom is 0.287 e. The molecule has 2 heterocycles. The van der Waals surface area contributed by atoms with Gasteiger partial charge in [-0.2, -0.15) is 4.31 Å². The SMILES string of the molecule is COc1ccc(C)cc1CCNC(=O)c1ccc(S(=O)(=O)N2CCCCC2)o1. The molecule has 1 amide bonds. The molecule has 0 atom stereocenters. The van der Waals surface area contributed by atoms with E-state index in [0.717, 1.165) is 36.1 Å². The topological polar surface area (TPSA) is 88.8 Å². The van der Waals surface area contributed by atoms with Gasteiger partial charge in [-0.15, -0.1) is 0 Å². The van der Waals surface area contributed by atoms with Crippen LogP contribution in [-0.4, -0.2) is 45.4 Å². The number of furan rings is 1. The summed E-state index contributed by atoms with van der Waals surface area (Å²) in [6, 6.07) is 8.63. The molecule has 28 heavy (non-hydrogen) atoms. The molecular weight excluding hydrogens is 380 g/mol. The number of nitrogens with one attached hydrogen (secondary N) is 1. The summed E-state index contributed by atoms with van der Waals surface area (Å²) in [6.07, 6.45) is 3.31. The van der Waals surface area contributed by atoms with E-state index in [-0.39, 0.29) is 10.9 Å². The highest BCUT2D eigenvalue weighted by Crippen LogP contribution is 2.23. The second-order valence-corrected chi connectivity index (χ2v) is 8.77. The zero-order valence-corrected chi connectivity index (χ0v) is 17.0. The summed E-state index contributed by atoms with van der Waals surface area (Å²) in [7, 11) is -2.07. The van der Waals surface area contributed by atoms with E-state index in [0.29, 0.717) is 26.1 Å². The monoisotopic (exact) mass is 406 g/mol. The number of ether oxygens (including phenoxy) is 1. The second kappa shape index (κ2) is 8.79. The first-order valence-corrected chi connectivity index (χ1v) is 10.9. The number of carbonyl (C=O) groups excluding carboxylic acids is 1. The fraction of sp³-hybridized carbons (Fsp3) is 0.450. The van der Waals surface area contributed by atoms with Crippen molar-refractivity contribution in [1.29, 1.82) is 0 Å². The van der Waals surface area contributed by atoms with Crippen LogP contribution < -0.4 is 10.1 Å². The smallest absolute Gasteiger partial charge is 0.287 e. The number of aryl methyl sites for hydroxylation is 1. The highest BCUT2D eigenvalue weighted by molar-refractivity contribution is 7.89. The normalized spacial score (nSPS) is 15.4. The van der Waals surface area contributed by atoms with Crippen molar-refractivity contribution >= 4 is 15.9 Å². The lowest BCUT2D eigenvalue weighted by Gasteiger charge is -2.24. The van der Waals surface area contributed by atoms with Crippen molar-refractivity contribution in [2.75, 3.05) is 26.7 Å². The van der Waals surface area contributed by atoms with Crippen molar-refractivity contribution in [2.24, 2.45) is 0 Å².